The zero-order valence-corrected chi connectivity index (χ0v) is 11.7. The maximum atomic E-state index is 13.6. The van der Waals surface area contributed by atoms with Crippen LogP contribution in [0.2, 0.25) is 0 Å². The maximum Gasteiger partial charge on any atom is 0.124 e. The highest BCUT2D eigenvalue weighted by molar-refractivity contribution is 5.38. The Labute approximate surface area is 118 Å². The summed E-state index contributed by atoms with van der Waals surface area (Å²) in [6, 6.07) is 6.73. The number of aromatic nitrogens is 2. The first-order valence-electron chi connectivity index (χ1n) is 6.49. The van der Waals surface area contributed by atoms with Crippen LogP contribution < -0.4 is 0 Å². The molecule has 104 valence electrons. The minimum atomic E-state index is -0.308. The Morgan fingerprint density at radius 2 is 2.05 bits per heavy atom. The first-order valence-corrected chi connectivity index (χ1v) is 6.49. The van der Waals surface area contributed by atoms with Gasteiger partial charge in [0.05, 0.1) is 18.8 Å². The number of halogens is 1. The molecule has 0 saturated heterocycles. The Hall–Kier alpha value is -2.12. The van der Waals surface area contributed by atoms with E-state index in [9.17, 15) is 4.39 Å². The average Bonchev–Trinajstić information content (AvgIpc) is 2.67. The summed E-state index contributed by atoms with van der Waals surface area (Å²) in [5.74, 6) is 5.34. The van der Waals surface area contributed by atoms with E-state index in [2.05, 4.69) is 16.9 Å². The molecule has 20 heavy (non-hydrogen) atoms. The van der Waals surface area contributed by atoms with E-state index >= 15 is 0 Å². The van der Waals surface area contributed by atoms with Crippen molar-refractivity contribution in [2.75, 3.05) is 6.61 Å². The Balaban J connectivity index is 2.24. The minimum absolute atomic E-state index is 0.0148. The van der Waals surface area contributed by atoms with Gasteiger partial charge >= 0.3 is 0 Å². The van der Waals surface area contributed by atoms with Crippen LogP contribution in [0.4, 0.5) is 4.39 Å². The van der Waals surface area contributed by atoms with E-state index in [1.165, 1.54) is 12.1 Å². The van der Waals surface area contributed by atoms with Gasteiger partial charge in [0.15, 0.2) is 0 Å². The van der Waals surface area contributed by atoms with Crippen molar-refractivity contribution < 1.29 is 9.50 Å². The Bertz CT molecular complexity index is 665. The lowest BCUT2D eigenvalue weighted by Gasteiger charge is -2.05. The summed E-state index contributed by atoms with van der Waals surface area (Å²) in [5, 5.41) is 13.1. The first kappa shape index (κ1) is 14.3. The third-order valence-corrected chi connectivity index (χ3v) is 2.86. The fourth-order valence-corrected chi connectivity index (χ4v) is 2.04. The van der Waals surface area contributed by atoms with E-state index in [-0.39, 0.29) is 12.4 Å². The molecule has 1 N–H and O–H groups in total. The third-order valence-electron chi connectivity index (χ3n) is 2.86. The SMILES string of the molecule is Cc1cc(C)n(Cc2cc(F)cc(C#CCCO)c2)n1. The average molecular weight is 272 g/mol. The van der Waals surface area contributed by atoms with Gasteiger partial charge in [0.1, 0.15) is 5.82 Å². The van der Waals surface area contributed by atoms with Crippen LogP contribution in [-0.2, 0) is 6.54 Å². The second-order valence-corrected chi connectivity index (χ2v) is 4.71. The van der Waals surface area contributed by atoms with Crippen LogP contribution in [0.1, 0.15) is 28.9 Å². The van der Waals surface area contributed by atoms with Gasteiger partial charge in [-0.1, -0.05) is 11.8 Å². The van der Waals surface area contributed by atoms with E-state index in [1.807, 2.05) is 30.7 Å². The van der Waals surface area contributed by atoms with E-state index < -0.39 is 0 Å². The zero-order valence-electron chi connectivity index (χ0n) is 11.7. The van der Waals surface area contributed by atoms with Crippen LogP contribution in [0.25, 0.3) is 0 Å². The van der Waals surface area contributed by atoms with Gasteiger partial charge in [-0.3, -0.25) is 4.68 Å². The van der Waals surface area contributed by atoms with Gasteiger partial charge in [0.25, 0.3) is 0 Å². The Morgan fingerprint density at radius 1 is 1.25 bits per heavy atom. The van der Waals surface area contributed by atoms with Crippen LogP contribution in [0.3, 0.4) is 0 Å². The highest BCUT2D eigenvalue weighted by atomic mass is 19.1. The van der Waals surface area contributed by atoms with Crippen LogP contribution in [-0.4, -0.2) is 21.5 Å². The molecular formula is C16H17FN2O. The number of rotatable bonds is 3. The molecule has 2 rings (SSSR count). The summed E-state index contributed by atoms with van der Waals surface area (Å²) in [6.45, 7) is 4.44. The molecule has 0 amide bonds. The molecule has 0 saturated carbocycles. The molecule has 1 aromatic carbocycles. The lowest BCUT2D eigenvalue weighted by Crippen LogP contribution is -2.04. The predicted octanol–water partition coefficient (Wildman–Crippen LogP) is 2.42. The van der Waals surface area contributed by atoms with Crippen molar-refractivity contribution in [2.45, 2.75) is 26.8 Å². The van der Waals surface area contributed by atoms with Crippen molar-refractivity contribution in [1.82, 2.24) is 9.78 Å². The van der Waals surface area contributed by atoms with E-state index in [0.29, 0.717) is 18.5 Å². The molecule has 0 fully saturated rings. The van der Waals surface area contributed by atoms with Crippen molar-refractivity contribution in [2.24, 2.45) is 0 Å². The second-order valence-electron chi connectivity index (χ2n) is 4.71. The molecule has 0 aliphatic carbocycles. The topological polar surface area (TPSA) is 38.0 Å². The number of aryl methyl sites for hydroxylation is 2. The fourth-order valence-electron chi connectivity index (χ4n) is 2.04. The molecule has 4 heteroatoms. The van der Waals surface area contributed by atoms with Crippen molar-refractivity contribution in [1.29, 1.82) is 0 Å². The van der Waals surface area contributed by atoms with Gasteiger partial charge in [-0.15, -0.1) is 0 Å². The molecule has 0 atom stereocenters. The Kier molecular flexibility index (Phi) is 4.54. The molecule has 0 radical (unpaired) electrons. The number of aliphatic hydroxyl groups excluding tert-OH is 1. The summed E-state index contributed by atoms with van der Waals surface area (Å²) in [5.41, 5.74) is 3.43. The van der Waals surface area contributed by atoms with Gasteiger partial charge in [-0.2, -0.15) is 5.10 Å². The normalized spacial score (nSPS) is 10.2. The maximum absolute atomic E-state index is 13.6. The first-order chi connectivity index (χ1) is 9.58. The largest absolute Gasteiger partial charge is 0.395 e. The van der Waals surface area contributed by atoms with Gasteiger partial charge in [0.2, 0.25) is 0 Å². The summed E-state index contributed by atoms with van der Waals surface area (Å²) >= 11 is 0. The zero-order chi connectivity index (χ0) is 14.5. The van der Waals surface area contributed by atoms with Crippen LogP contribution >= 0.6 is 0 Å². The number of hydrogen-bond acceptors (Lipinski definition) is 2. The molecular weight excluding hydrogens is 255 g/mol. The predicted molar refractivity (Wildman–Crippen MR) is 75.8 cm³/mol. The summed E-state index contributed by atoms with van der Waals surface area (Å²) in [6.07, 6.45) is 0.392. The van der Waals surface area contributed by atoms with Crippen molar-refractivity contribution >= 4 is 0 Å². The molecule has 0 aliphatic heterocycles. The monoisotopic (exact) mass is 272 g/mol. The van der Waals surface area contributed by atoms with E-state index in [1.54, 1.807) is 0 Å². The van der Waals surface area contributed by atoms with Gasteiger partial charge in [0, 0.05) is 17.7 Å². The number of nitrogens with zero attached hydrogens (tertiary/aromatic N) is 2. The molecule has 2 aromatic rings. The lowest BCUT2D eigenvalue weighted by atomic mass is 10.1. The van der Waals surface area contributed by atoms with E-state index in [0.717, 1.165) is 17.0 Å². The second kappa shape index (κ2) is 6.36. The number of hydrogen-bond donors (Lipinski definition) is 1. The molecule has 0 aliphatic rings. The lowest BCUT2D eigenvalue weighted by molar-refractivity contribution is 0.305. The standard InChI is InChI=1S/C16H17FN2O/c1-12-7-13(2)19(18-12)11-15-8-14(5-3-4-6-20)9-16(17)10-15/h7-10,20H,4,6,11H2,1-2H3. The summed E-state index contributed by atoms with van der Waals surface area (Å²) in [7, 11) is 0. The van der Waals surface area contributed by atoms with Gasteiger partial charge < -0.3 is 5.11 Å². The smallest absolute Gasteiger partial charge is 0.124 e. The number of benzene rings is 1. The summed E-state index contributed by atoms with van der Waals surface area (Å²) in [4.78, 5) is 0. The van der Waals surface area contributed by atoms with Crippen molar-refractivity contribution in [3.8, 4) is 11.8 Å². The molecule has 0 spiro atoms. The quantitative estimate of drug-likeness (QED) is 0.871. The van der Waals surface area contributed by atoms with Crippen molar-refractivity contribution in [3.63, 3.8) is 0 Å². The Morgan fingerprint density at radius 3 is 2.70 bits per heavy atom. The van der Waals surface area contributed by atoms with Gasteiger partial charge in [-0.25, -0.2) is 4.39 Å². The molecule has 3 nitrogen and oxygen atoms in total. The molecule has 1 aromatic heterocycles. The van der Waals surface area contributed by atoms with Gasteiger partial charge in [-0.05, 0) is 43.7 Å². The highest BCUT2D eigenvalue weighted by Crippen LogP contribution is 2.12. The van der Waals surface area contributed by atoms with Crippen LogP contribution in [0, 0.1) is 31.5 Å². The number of aliphatic hydroxyl groups is 1. The van der Waals surface area contributed by atoms with Crippen LogP contribution in [0.5, 0.6) is 0 Å². The molecule has 0 unspecified atom stereocenters. The molecule has 0 bridgehead atoms. The summed E-state index contributed by atoms with van der Waals surface area (Å²) < 4.78 is 15.4. The molecule has 1 heterocycles. The third kappa shape index (κ3) is 3.69. The van der Waals surface area contributed by atoms with E-state index in [4.69, 9.17) is 5.11 Å². The fraction of sp³-hybridized carbons (Fsp3) is 0.312. The van der Waals surface area contributed by atoms with Crippen molar-refractivity contribution in [3.05, 3.63) is 52.6 Å². The van der Waals surface area contributed by atoms with Crippen LogP contribution in [0.15, 0.2) is 24.3 Å². The minimum Gasteiger partial charge on any atom is -0.395 e. The highest BCUT2D eigenvalue weighted by Gasteiger charge is 2.04.